The molecule has 0 aliphatic rings. The van der Waals surface area contributed by atoms with E-state index < -0.39 is 16.9 Å². The molecule has 9 nitrogen and oxygen atoms in total. The summed E-state index contributed by atoms with van der Waals surface area (Å²) < 4.78 is 9.13. The molecule has 0 atom stereocenters. The molecule has 0 radical (unpaired) electrons. The number of hydrogen-bond acceptors (Lipinski definition) is 7. The molecule has 23 heavy (non-hydrogen) atoms. The van der Waals surface area contributed by atoms with Crippen LogP contribution in [0, 0.1) is 10.1 Å². The van der Waals surface area contributed by atoms with Crippen molar-refractivity contribution in [2.24, 2.45) is 0 Å². The summed E-state index contributed by atoms with van der Waals surface area (Å²) in [5.74, 6) is -1.39. The third-order valence-corrected chi connectivity index (χ3v) is 3.07. The first-order valence-corrected chi connectivity index (χ1v) is 6.45. The average molecular weight is 319 g/mol. The van der Waals surface area contributed by atoms with Gasteiger partial charge in [-0.2, -0.15) is 0 Å². The molecule has 0 saturated heterocycles. The predicted molar refractivity (Wildman–Crippen MR) is 77.2 cm³/mol. The minimum Gasteiger partial charge on any atom is -0.464 e. The number of aromatic amines is 1. The summed E-state index contributed by atoms with van der Waals surface area (Å²) in [6, 6.07) is 6.12. The summed E-state index contributed by atoms with van der Waals surface area (Å²) in [5.41, 5.74) is -0.0805. The third kappa shape index (κ3) is 3.34. The SMILES string of the molecule is COC(=O)c1nc(Cc2ccccc2[N+](=O)[O-])[nH]c1C(=O)OC. The lowest BCUT2D eigenvalue weighted by molar-refractivity contribution is -0.385. The number of rotatable bonds is 5. The number of nitrogens with one attached hydrogen (secondary N) is 1. The van der Waals surface area contributed by atoms with E-state index >= 15 is 0 Å². The summed E-state index contributed by atoms with van der Waals surface area (Å²) in [4.78, 5) is 40.5. The van der Waals surface area contributed by atoms with Gasteiger partial charge in [0.15, 0.2) is 11.4 Å². The monoisotopic (exact) mass is 319 g/mol. The molecule has 9 heteroatoms. The molecule has 0 aliphatic heterocycles. The van der Waals surface area contributed by atoms with Crippen LogP contribution in [-0.2, 0) is 15.9 Å². The first-order chi connectivity index (χ1) is 11.0. The normalized spacial score (nSPS) is 10.2. The van der Waals surface area contributed by atoms with Crippen LogP contribution in [0.3, 0.4) is 0 Å². The van der Waals surface area contributed by atoms with Crippen LogP contribution in [0.15, 0.2) is 24.3 Å². The summed E-state index contributed by atoms with van der Waals surface area (Å²) in [7, 11) is 2.31. The van der Waals surface area contributed by atoms with Gasteiger partial charge in [-0.15, -0.1) is 0 Å². The molecule has 120 valence electrons. The number of imidazole rings is 1. The fourth-order valence-corrected chi connectivity index (χ4v) is 2.02. The van der Waals surface area contributed by atoms with Gasteiger partial charge in [-0.1, -0.05) is 18.2 Å². The van der Waals surface area contributed by atoms with Gasteiger partial charge in [-0.25, -0.2) is 14.6 Å². The number of aromatic nitrogens is 2. The van der Waals surface area contributed by atoms with Crippen LogP contribution in [0.5, 0.6) is 0 Å². The summed E-state index contributed by atoms with van der Waals surface area (Å²) in [6.45, 7) is 0. The summed E-state index contributed by atoms with van der Waals surface area (Å²) >= 11 is 0. The molecular formula is C14H13N3O6. The maximum absolute atomic E-state index is 11.7. The van der Waals surface area contributed by atoms with E-state index in [-0.39, 0.29) is 29.3 Å². The van der Waals surface area contributed by atoms with Crippen molar-refractivity contribution < 1.29 is 24.0 Å². The number of nitro groups is 1. The molecule has 1 aromatic heterocycles. The maximum atomic E-state index is 11.7. The van der Waals surface area contributed by atoms with Crippen LogP contribution in [0.1, 0.15) is 32.4 Å². The zero-order valence-corrected chi connectivity index (χ0v) is 12.4. The lowest BCUT2D eigenvalue weighted by atomic mass is 10.1. The van der Waals surface area contributed by atoms with Crippen LogP contribution in [0.2, 0.25) is 0 Å². The van der Waals surface area contributed by atoms with E-state index in [1.807, 2.05) is 0 Å². The number of nitro benzene ring substituents is 1. The quantitative estimate of drug-likeness (QED) is 0.502. The van der Waals surface area contributed by atoms with E-state index in [0.717, 1.165) is 14.2 Å². The lowest BCUT2D eigenvalue weighted by Gasteiger charge is -2.00. The van der Waals surface area contributed by atoms with Crippen LogP contribution in [0.25, 0.3) is 0 Å². The number of nitrogens with zero attached hydrogens (tertiary/aromatic N) is 2. The highest BCUT2D eigenvalue weighted by Crippen LogP contribution is 2.21. The molecule has 0 spiro atoms. The number of benzene rings is 1. The highest BCUT2D eigenvalue weighted by atomic mass is 16.6. The molecule has 0 saturated carbocycles. The van der Waals surface area contributed by atoms with Crippen LogP contribution in [0.4, 0.5) is 5.69 Å². The van der Waals surface area contributed by atoms with Gasteiger partial charge in [-0.3, -0.25) is 10.1 Å². The van der Waals surface area contributed by atoms with E-state index in [1.165, 1.54) is 6.07 Å². The Kier molecular flexibility index (Phi) is 4.69. The number of para-hydroxylation sites is 1. The molecule has 0 aliphatic carbocycles. The van der Waals surface area contributed by atoms with Crippen molar-refractivity contribution in [2.45, 2.75) is 6.42 Å². The van der Waals surface area contributed by atoms with Gasteiger partial charge in [0.25, 0.3) is 5.69 Å². The minimum absolute atomic E-state index is 0.0398. The van der Waals surface area contributed by atoms with E-state index in [0.29, 0.717) is 5.56 Å². The number of H-pyrrole nitrogens is 1. The van der Waals surface area contributed by atoms with Gasteiger partial charge in [0, 0.05) is 18.1 Å². The van der Waals surface area contributed by atoms with Gasteiger partial charge in [0.1, 0.15) is 5.82 Å². The average Bonchev–Trinajstić information content (AvgIpc) is 2.97. The topological polar surface area (TPSA) is 124 Å². The number of carbonyl (C=O) groups is 2. The molecule has 1 N–H and O–H groups in total. The van der Waals surface area contributed by atoms with Crippen molar-refractivity contribution in [1.29, 1.82) is 0 Å². The number of carbonyl (C=O) groups excluding carboxylic acids is 2. The van der Waals surface area contributed by atoms with Crippen molar-refractivity contribution in [3.63, 3.8) is 0 Å². The second-order valence-corrected chi connectivity index (χ2v) is 4.45. The highest BCUT2D eigenvalue weighted by molar-refractivity contribution is 6.00. The first kappa shape index (κ1) is 16.1. The molecule has 2 aromatic rings. The number of hydrogen-bond donors (Lipinski definition) is 1. The minimum atomic E-state index is -0.810. The van der Waals surface area contributed by atoms with E-state index in [4.69, 9.17) is 0 Å². The van der Waals surface area contributed by atoms with Crippen LogP contribution < -0.4 is 0 Å². The van der Waals surface area contributed by atoms with Crippen molar-refractivity contribution in [3.05, 3.63) is 57.2 Å². The molecule has 1 heterocycles. The Balaban J connectivity index is 2.42. The number of methoxy groups -OCH3 is 2. The van der Waals surface area contributed by atoms with Gasteiger partial charge < -0.3 is 14.5 Å². The zero-order chi connectivity index (χ0) is 17.0. The molecule has 1 aromatic carbocycles. The Morgan fingerprint density at radius 3 is 2.48 bits per heavy atom. The predicted octanol–water partition coefficient (Wildman–Crippen LogP) is 1.48. The number of ether oxygens (including phenoxy) is 2. The van der Waals surface area contributed by atoms with Gasteiger partial charge in [-0.05, 0) is 0 Å². The van der Waals surface area contributed by atoms with Gasteiger partial charge in [0.05, 0.1) is 19.1 Å². The fourth-order valence-electron chi connectivity index (χ4n) is 2.02. The standard InChI is InChI=1S/C14H13N3O6/c1-22-13(18)11-12(14(19)23-2)16-10(15-11)7-8-5-3-4-6-9(8)17(20)21/h3-6H,7H2,1-2H3,(H,15,16). The Labute approximate surface area is 130 Å². The number of esters is 2. The van der Waals surface area contributed by atoms with Crippen molar-refractivity contribution in [3.8, 4) is 0 Å². The Hall–Kier alpha value is -3.23. The highest BCUT2D eigenvalue weighted by Gasteiger charge is 2.25. The molecule has 2 rings (SSSR count). The van der Waals surface area contributed by atoms with Gasteiger partial charge >= 0.3 is 11.9 Å². The smallest absolute Gasteiger partial charge is 0.359 e. The maximum Gasteiger partial charge on any atom is 0.359 e. The fraction of sp³-hybridized carbons (Fsp3) is 0.214. The van der Waals surface area contributed by atoms with Gasteiger partial charge in [0.2, 0.25) is 0 Å². The van der Waals surface area contributed by atoms with E-state index in [9.17, 15) is 19.7 Å². The molecule has 0 bridgehead atoms. The summed E-state index contributed by atoms with van der Waals surface area (Å²) in [6.07, 6.45) is 0.0398. The molecule has 0 fully saturated rings. The Morgan fingerprint density at radius 2 is 1.87 bits per heavy atom. The van der Waals surface area contributed by atoms with Crippen molar-refractivity contribution >= 4 is 17.6 Å². The second kappa shape index (κ2) is 6.69. The Bertz CT molecular complexity index is 734. The second-order valence-electron chi connectivity index (χ2n) is 4.45. The Morgan fingerprint density at radius 1 is 1.22 bits per heavy atom. The van der Waals surface area contributed by atoms with E-state index in [2.05, 4.69) is 19.4 Å². The van der Waals surface area contributed by atoms with Crippen molar-refractivity contribution in [2.75, 3.05) is 14.2 Å². The molecule has 0 unspecified atom stereocenters. The summed E-state index contributed by atoms with van der Waals surface area (Å²) in [5, 5.41) is 11.0. The molecular weight excluding hydrogens is 306 g/mol. The first-order valence-electron chi connectivity index (χ1n) is 6.45. The largest absolute Gasteiger partial charge is 0.464 e. The molecule has 0 amide bonds. The van der Waals surface area contributed by atoms with E-state index in [1.54, 1.807) is 18.2 Å². The van der Waals surface area contributed by atoms with Crippen molar-refractivity contribution in [1.82, 2.24) is 9.97 Å². The zero-order valence-electron chi connectivity index (χ0n) is 12.4. The van der Waals surface area contributed by atoms with Crippen LogP contribution in [-0.4, -0.2) is 41.0 Å². The third-order valence-electron chi connectivity index (χ3n) is 3.07. The van der Waals surface area contributed by atoms with Crippen LogP contribution >= 0.6 is 0 Å². The lowest BCUT2D eigenvalue weighted by Crippen LogP contribution is -2.11.